The fourth-order valence-electron chi connectivity index (χ4n) is 2.89. The molecule has 1 N–H and O–H groups in total. The Hall–Kier alpha value is -3.48. The molecule has 4 heterocycles. The number of aryl methyl sites for hydroxylation is 1. The molecule has 130 valence electrons. The summed E-state index contributed by atoms with van der Waals surface area (Å²) in [7, 11) is 1.61. The minimum absolute atomic E-state index is 0.565. The molecule has 0 aliphatic carbocycles. The standard InChI is InChI=1S/C19H18N6O/c1-13-15(6-4-10-20-13)16-8-9-17(25-12-22-24-19(16)25)21-11-14-5-3-7-18(23-14)26-2/h3-10,12,21H,11H2,1-2H3. The van der Waals surface area contributed by atoms with Gasteiger partial charge in [0.25, 0.3) is 0 Å². The van der Waals surface area contributed by atoms with Crippen molar-refractivity contribution < 1.29 is 4.74 Å². The number of hydrogen-bond acceptors (Lipinski definition) is 6. The number of anilines is 1. The van der Waals surface area contributed by atoms with Crippen LogP contribution in [-0.4, -0.2) is 31.7 Å². The molecule has 0 saturated carbocycles. The lowest BCUT2D eigenvalue weighted by Gasteiger charge is -2.12. The third-order valence-electron chi connectivity index (χ3n) is 4.19. The van der Waals surface area contributed by atoms with Crippen LogP contribution < -0.4 is 10.1 Å². The van der Waals surface area contributed by atoms with Crippen LogP contribution in [0, 0.1) is 6.92 Å². The lowest BCUT2D eigenvalue weighted by atomic mass is 10.1. The van der Waals surface area contributed by atoms with E-state index < -0.39 is 0 Å². The molecule has 0 aromatic carbocycles. The van der Waals surface area contributed by atoms with Crippen LogP contribution in [0.5, 0.6) is 5.88 Å². The van der Waals surface area contributed by atoms with Gasteiger partial charge < -0.3 is 10.1 Å². The Balaban J connectivity index is 1.66. The molecular weight excluding hydrogens is 328 g/mol. The first-order valence-electron chi connectivity index (χ1n) is 8.25. The Morgan fingerprint density at radius 3 is 2.85 bits per heavy atom. The molecule has 7 heteroatoms. The largest absolute Gasteiger partial charge is 0.481 e. The topological polar surface area (TPSA) is 77.2 Å². The van der Waals surface area contributed by atoms with E-state index in [1.165, 1.54) is 0 Å². The maximum Gasteiger partial charge on any atom is 0.213 e. The zero-order valence-corrected chi connectivity index (χ0v) is 14.5. The molecule has 0 fully saturated rings. The summed E-state index contributed by atoms with van der Waals surface area (Å²) in [6, 6.07) is 13.7. The molecule has 4 aromatic rings. The van der Waals surface area contributed by atoms with E-state index in [1.807, 2.05) is 53.8 Å². The van der Waals surface area contributed by atoms with Crippen molar-refractivity contribution in [2.75, 3.05) is 12.4 Å². The van der Waals surface area contributed by atoms with Crippen molar-refractivity contribution in [3.05, 3.63) is 66.4 Å². The second kappa shape index (κ2) is 6.79. The summed E-state index contributed by atoms with van der Waals surface area (Å²) in [6.07, 6.45) is 3.49. The van der Waals surface area contributed by atoms with Crippen LogP contribution in [0.25, 0.3) is 16.8 Å². The predicted octanol–water partition coefficient (Wildman–Crippen LogP) is 3.12. The number of fused-ring (bicyclic) bond motifs is 1. The lowest BCUT2D eigenvalue weighted by Crippen LogP contribution is -2.06. The number of methoxy groups -OCH3 is 1. The highest BCUT2D eigenvalue weighted by Gasteiger charge is 2.12. The predicted molar refractivity (Wildman–Crippen MR) is 99.1 cm³/mol. The molecule has 4 aromatic heterocycles. The molecule has 7 nitrogen and oxygen atoms in total. The van der Waals surface area contributed by atoms with Gasteiger partial charge in [-0.1, -0.05) is 12.1 Å². The van der Waals surface area contributed by atoms with Crippen LogP contribution in [-0.2, 0) is 6.54 Å². The summed E-state index contributed by atoms with van der Waals surface area (Å²) in [5.41, 5.74) is 4.67. The van der Waals surface area contributed by atoms with E-state index in [0.717, 1.165) is 34.0 Å². The number of ether oxygens (including phenoxy) is 1. The van der Waals surface area contributed by atoms with Crippen molar-refractivity contribution in [3.63, 3.8) is 0 Å². The molecule has 0 radical (unpaired) electrons. The molecule has 0 amide bonds. The fourth-order valence-corrected chi connectivity index (χ4v) is 2.89. The second-order valence-corrected chi connectivity index (χ2v) is 5.82. The Bertz CT molecular complexity index is 1060. The minimum atomic E-state index is 0.565. The van der Waals surface area contributed by atoms with E-state index in [-0.39, 0.29) is 0 Å². The summed E-state index contributed by atoms with van der Waals surface area (Å²) < 4.78 is 7.10. The normalized spacial score (nSPS) is 10.8. The van der Waals surface area contributed by atoms with Gasteiger partial charge >= 0.3 is 0 Å². The van der Waals surface area contributed by atoms with E-state index in [9.17, 15) is 0 Å². The van der Waals surface area contributed by atoms with Crippen LogP contribution in [0.4, 0.5) is 5.82 Å². The number of aromatic nitrogens is 5. The molecule has 26 heavy (non-hydrogen) atoms. The Morgan fingerprint density at radius 2 is 2.00 bits per heavy atom. The highest BCUT2D eigenvalue weighted by molar-refractivity contribution is 5.80. The number of nitrogens with one attached hydrogen (secondary N) is 1. The molecule has 0 atom stereocenters. The highest BCUT2D eigenvalue weighted by atomic mass is 16.5. The molecule has 0 bridgehead atoms. The summed E-state index contributed by atoms with van der Waals surface area (Å²) in [5.74, 6) is 1.49. The van der Waals surface area contributed by atoms with Gasteiger partial charge in [0.15, 0.2) is 5.65 Å². The van der Waals surface area contributed by atoms with E-state index in [0.29, 0.717) is 12.4 Å². The van der Waals surface area contributed by atoms with Crippen molar-refractivity contribution in [3.8, 4) is 17.0 Å². The average Bonchev–Trinajstić information content (AvgIpc) is 3.17. The first-order chi connectivity index (χ1) is 12.8. The van der Waals surface area contributed by atoms with Gasteiger partial charge in [-0.15, -0.1) is 10.2 Å². The van der Waals surface area contributed by atoms with Gasteiger partial charge in [0.2, 0.25) is 5.88 Å². The average molecular weight is 346 g/mol. The van der Waals surface area contributed by atoms with Crippen molar-refractivity contribution in [2.24, 2.45) is 0 Å². The number of hydrogen-bond donors (Lipinski definition) is 1. The minimum Gasteiger partial charge on any atom is -0.481 e. The van der Waals surface area contributed by atoms with Gasteiger partial charge in [0.1, 0.15) is 12.1 Å². The van der Waals surface area contributed by atoms with Gasteiger partial charge in [-0.3, -0.25) is 9.38 Å². The van der Waals surface area contributed by atoms with E-state index in [2.05, 4.69) is 25.5 Å². The summed E-state index contributed by atoms with van der Waals surface area (Å²) in [6.45, 7) is 2.55. The molecule has 0 aliphatic rings. The molecular formula is C19H18N6O. The fraction of sp³-hybridized carbons (Fsp3) is 0.158. The van der Waals surface area contributed by atoms with Gasteiger partial charge in [0.05, 0.1) is 19.3 Å². The Kier molecular flexibility index (Phi) is 4.18. The molecule has 0 spiro atoms. The third-order valence-corrected chi connectivity index (χ3v) is 4.19. The number of pyridine rings is 3. The van der Waals surface area contributed by atoms with Crippen molar-refractivity contribution >= 4 is 11.5 Å². The maximum atomic E-state index is 5.17. The SMILES string of the molecule is COc1cccc(CNc2ccc(-c3cccnc3C)c3nncn23)n1. The van der Waals surface area contributed by atoms with Crippen molar-refractivity contribution in [1.82, 2.24) is 24.6 Å². The summed E-state index contributed by atoms with van der Waals surface area (Å²) >= 11 is 0. The smallest absolute Gasteiger partial charge is 0.213 e. The van der Waals surface area contributed by atoms with Gasteiger partial charge in [0, 0.05) is 29.1 Å². The molecule has 0 saturated heterocycles. The maximum absolute atomic E-state index is 5.17. The van der Waals surface area contributed by atoms with E-state index in [1.54, 1.807) is 19.6 Å². The first kappa shape index (κ1) is 16.0. The van der Waals surface area contributed by atoms with Crippen molar-refractivity contribution in [1.29, 1.82) is 0 Å². The third kappa shape index (κ3) is 2.95. The monoisotopic (exact) mass is 346 g/mol. The van der Waals surface area contributed by atoms with Crippen LogP contribution in [0.15, 0.2) is 55.0 Å². The van der Waals surface area contributed by atoms with Crippen LogP contribution in [0.1, 0.15) is 11.4 Å². The Morgan fingerprint density at radius 1 is 1.08 bits per heavy atom. The van der Waals surface area contributed by atoms with Crippen LogP contribution in [0.2, 0.25) is 0 Å². The molecule has 4 rings (SSSR count). The number of rotatable bonds is 5. The molecule has 0 unspecified atom stereocenters. The van der Waals surface area contributed by atoms with Gasteiger partial charge in [-0.25, -0.2) is 4.98 Å². The highest BCUT2D eigenvalue weighted by Crippen LogP contribution is 2.27. The first-order valence-corrected chi connectivity index (χ1v) is 8.25. The zero-order valence-electron chi connectivity index (χ0n) is 14.5. The van der Waals surface area contributed by atoms with E-state index >= 15 is 0 Å². The molecule has 0 aliphatic heterocycles. The lowest BCUT2D eigenvalue weighted by molar-refractivity contribution is 0.396. The Labute approximate surface area is 150 Å². The quantitative estimate of drug-likeness (QED) is 0.598. The van der Waals surface area contributed by atoms with E-state index in [4.69, 9.17) is 4.74 Å². The number of nitrogens with zero attached hydrogens (tertiary/aromatic N) is 5. The van der Waals surface area contributed by atoms with Crippen molar-refractivity contribution in [2.45, 2.75) is 13.5 Å². The van der Waals surface area contributed by atoms with Gasteiger partial charge in [-0.2, -0.15) is 0 Å². The summed E-state index contributed by atoms with van der Waals surface area (Å²) in [5, 5.41) is 11.7. The second-order valence-electron chi connectivity index (χ2n) is 5.82. The van der Waals surface area contributed by atoms with Crippen LogP contribution >= 0.6 is 0 Å². The van der Waals surface area contributed by atoms with Crippen LogP contribution in [0.3, 0.4) is 0 Å². The van der Waals surface area contributed by atoms with Gasteiger partial charge in [-0.05, 0) is 31.2 Å². The zero-order chi connectivity index (χ0) is 17.9. The summed E-state index contributed by atoms with van der Waals surface area (Å²) in [4.78, 5) is 8.79.